The highest BCUT2D eigenvalue weighted by Crippen LogP contribution is 2.28. The molecule has 0 bridgehead atoms. The Morgan fingerprint density at radius 1 is 1.33 bits per heavy atom. The fraction of sp³-hybridized carbons (Fsp3) is 0.308. The lowest BCUT2D eigenvalue weighted by atomic mass is 10.3. The summed E-state index contributed by atoms with van der Waals surface area (Å²) in [4.78, 5) is 0.0238. The van der Waals surface area contributed by atoms with Crippen molar-refractivity contribution in [3.8, 4) is 5.75 Å². The Morgan fingerprint density at radius 2 is 2.05 bits per heavy atom. The first-order valence-corrected chi connectivity index (χ1v) is 7.83. The Morgan fingerprint density at radius 3 is 2.67 bits per heavy atom. The molecule has 21 heavy (non-hydrogen) atoms. The van der Waals surface area contributed by atoms with Gasteiger partial charge in [0.05, 0.1) is 13.3 Å². The Labute approximate surface area is 123 Å². The van der Waals surface area contributed by atoms with E-state index in [1.807, 2.05) is 13.8 Å². The number of nitrogen functional groups attached to an aromatic ring is 1. The fourth-order valence-electron chi connectivity index (χ4n) is 1.91. The first-order valence-electron chi connectivity index (χ1n) is 6.35. The number of aromatic nitrogens is 2. The van der Waals surface area contributed by atoms with Gasteiger partial charge in [0.2, 0.25) is 0 Å². The number of ether oxygens (including phenoxy) is 1. The molecule has 0 saturated heterocycles. The standard InChI is InChI=1S/C13H18N4O3S/c1-9(2)17-13(6-7-15-17)16-21(18,19)12-5-4-10(14)8-11(12)20-3/h4-9,16H,14H2,1-3H3. The molecule has 0 unspecified atom stereocenters. The first-order chi connectivity index (χ1) is 9.85. The monoisotopic (exact) mass is 310 g/mol. The summed E-state index contributed by atoms with van der Waals surface area (Å²) >= 11 is 0. The van der Waals surface area contributed by atoms with Crippen molar-refractivity contribution in [1.82, 2.24) is 9.78 Å². The third kappa shape index (κ3) is 3.10. The van der Waals surface area contributed by atoms with E-state index >= 15 is 0 Å². The second-order valence-corrected chi connectivity index (χ2v) is 6.42. The van der Waals surface area contributed by atoms with E-state index in [-0.39, 0.29) is 16.7 Å². The van der Waals surface area contributed by atoms with Crippen molar-refractivity contribution in [2.75, 3.05) is 17.6 Å². The number of hydrogen-bond acceptors (Lipinski definition) is 5. The maximum Gasteiger partial charge on any atom is 0.266 e. The Hall–Kier alpha value is -2.22. The first kappa shape index (κ1) is 15.2. The average Bonchev–Trinajstić information content (AvgIpc) is 2.85. The van der Waals surface area contributed by atoms with Crippen LogP contribution in [-0.4, -0.2) is 25.3 Å². The summed E-state index contributed by atoms with van der Waals surface area (Å²) in [6, 6.07) is 6.02. The summed E-state index contributed by atoms with van der Waals surface area (Å²) in [6.45, 7) is 3.82. The molecule has 7 nitrogen and oxygen atoms in total. The van der Waals surface area contributed by atoms with Crippen LogP contribution >= 0.6 is 0 Å². The quantitative estimate of drug-likeness (QED) is 0.821. The molecule has 2 aromatic rings. The normalized spacial score (nSPS) is 11.6. The lowest BCUT2D eigenvalue weighted by molar-refractivity contribution is 0.403. The van der Waals surface area contributed by atoms with E-state index in [4.69, 9.17) is 10.5 Å². The van der Waals surface area contributed by atoms with Crippen LogP contribution in [-0.2, 0) is 10.0 Å². The zero-order valence-corrected chi connectivity index (χ0v) is 12.9. The Kier molecular flexibility index (Phi) is 4.08. The van der Waals surface area contributed by atoms with E-state index in [1.165, 1.54) is 31.5 Å². The van der Waals surface area contributed by atoms with Gasteiger partial charge in [-0.05, 0) is 26.0 Å². The molecular weight excluding hydrogens is 292 g/mol. The van der Waals surface area contributed by atoms with Crippen molar-refractivity contribution >= 4 is 21.5 Å². The second-order valence-electron chi connectivity index (χ2n) is 4.77. The summed E-state index contributed by atoms with van der Waals surface area (Å²) < 4.78 is 34.2. The van der Waals surface area contributed by atoms with Gasteiger partial charge in [0.25, 0.3) is 10.0 Å². The maximum absolute atomic E-state index is 12.5. The summed E-state index contributed by atoms with van der Waals surface area (Å²) in [5.74, 6) is 0.585. The summed E-state index contributed by atoms with van der Waals surface area (Å²) in [7, 11) is -2.40. The van der Waals surface area contributed by atoms with Crippen molar-refractivity contribution < 1.29 is 13.2 Å². The number of sulfonamides is 1. The van der Waals surface area contributed by atoms with Crippen LogP contribution in [0.5, 0.6) is 5.75 Å². The van der Waals surface area contributed by atoms with Crippen molar-refractivity contribution in [1.29, 1.82) is 0 Å². The van der Waals surface area contributed by atoms with E-state index in [0.29, 0.717) is 11.5 Å². The number of nitrogens with two attached hydrogens (primary N) is 1. The molecular formula is C13H18N4O3S. The van der Waals surface area contributed by atoms with Crippen molar-refractivity contribution in [2.24, 2.45) is 0 Å². The summed E-state index contributed by atoms with van der Waals surface area (Å²) in [6.07, 6.45) is 1.54. The van der Waals surface area contributed by atoms with E-state index < -0.39 is 10.0 Å². The molecule has 0 amide bonds. The highest BCUT2D eigenvalue weighted by molar-refractivity contribution is 7.92. The van der Waals surface area contributed by atoms with E-state index in [9.17, 15) is 8.42 Å². The highest BCUT2D eigenvalue weighted by Gasteiger charge is 2.21. The number of nitrogens with zero attached hydrogens (tertiary/aromatic N) is 2. The predicted octanol–water partition coefficient (Wildman–Crippen LogP) is 1.86. The van der Waals surface area contributed by atoms with Gasteiger partial charge in [-0.1, -0.05) is 0 Å². The minimum absolute atomic E-state index is 0.0238. The SMILES string of the molecule is COc1cc(N)ccc1S(=O)(=O)Nc1ccnn1C(C)C. The predicted molar refractivity (Wildman–Crippen MR) is 80.8 cm³/mol. The van der Waals surface area contributed by atoms with Crippen LogP contribution in [0.3, 0.4) is 0 Å². The van der Waals surface area contributed by atoms with Gasteiger partial charge in [0, 0.05) is 23.9 Å². The number of nitrogens with one attached hydrogen (secondary N) is 1. The van der Waals surface area contributed by atoms with E-state index in [0.717, 1.165) is 0 Å². The number of hydrogen-bond donors (Lipinski definition) is 2. The van der Waals surface area contributed by atoms with Gasteiger partial charge >= 0.3 is 0 Å². The largest absolute Gasteiger partial charge is 0.495 e. The third-order valence-corrected chi connectivity index (χ3v) is 4.27. The summed E-state index contributed by atoms with van der Waals surface area (Å²) in [5, 5.41) is 4.09. The topological polar surface area (TPSA) is 99.2 Å². The van der Waals surface area contributed by atoms with Crippen LogP contribution in [0.1, 0.15) is 19.9 Å². The van der Waals surface area contributed by atoms with Crippen LogP contribution in [0.15, 0.2) is 35.4 Å². The van der Waals surface area contributed by atoms with Crippen molar-refractivity contribution in [3.63, 3.8) is 0 Å². The average molecular weight is 310 g/mol. The minimum Gasteiger partial charge on any atom is -0.495 e. The van der Waals surface area contributed by atoms with Crippen LogP contribution in [0.25, 0.3) is 0 Å². The van der Waals surface area contributed by atoms with Gasteiger partial charge in [0.1, 0.15) is 16.5 Å². The Bertz CT molecular complexity index is 738. The number of benzene rings is 1. The smallest absolute Gasteiger partial charge is 0.266 e. The maximum atomic E-state index is 12.5. The van der Waals surface area contributed by atoms with Crippen LogP contribution in [0.2, 0.25) is 0 Å². The molecule has 114 valence electrons. The number of rotatable bonds is 5. The van der Waals surface area contributed by atoms with Gasteiger partial charge in [-0.25, -0.2) is 13.1 Å². The minimum atomic E-state index is -3.79. The van der Waals surface area contributed by atoms with E-state index in [2.05, 4.69) is 9.82 Å². The molecule has 0 fully saturated rings. The molecule has 0 aliphatic carbocycles. The number of methoxy groups -OCH3 is 1. The van der Waals surface area contributed by atoms with Crippen LogP contribution in [0.4, 0.5) is 11.5 Å². The molecule has 0 atom stereocenters. The zero-order chi connectivity index (χ0) is 15.6. The van der Waals surface area contributed by atoms with Gasteiger partial charge in [0.15, 0.2) is 0 Å². The molecule has 8 heteroatoms. The molecule has 0 saturated carbocycles. The van der Waals surface area contributed by atoms with Crippen LogP contribution in [0, 0.1) is 0 Å². The highest BCUT2D eigenvalue weighted by atomic mass is 32.2. The molecule has 0 spiro atoms. The van der Waals surface area contributed by atoms with Gasteiger partial charge in [-0.3, -0.25) is 4.72 Å². The molecule has 0 aliphatic rings. The second kappa shape index (κ2) is 5.65. The fourth-order valence-corrected chi connectivity index (χ4v) is 3.11. The lowest BCUT2D eigenvalue weighted by Gasteiger charge is -2.14. The van der Waals surface area contributed by atoms with E-state index in [1.54, 1.807) is 10.7 Å². The van der Waals surface area contributed by atoms with Crippen LogP contribution < -0.4 is 15.2 Å². The van der Waals surface area contributed by atoms with Crippen molar-refractivity contribution in [3.05, 3.63) is 30.5 Å². The van der Waals surface area contributed by atoms with Gasteiger partial charge < -0.3 is 10.5 Å². The molecule has 3 N–H and O–H groups in total. The third-order valence-electron chi connectivity index (χ3n) is 2.88. The Balaban J connectivity index is 2.41. The summed E-state index contributed by atoms with van der Waals surface area (Å²) in [5.41, 5.74) is 6.07. The van der Waals surface area contributed by atoms with Gasteiger partial charge in [-0.15, -0.1) is 0 Å². The molecule has 1 aromatic carbocycles. The van der Waals surface area contributed by atoms with Gasteiger partial charge in [-0.2, -0.15) is 5.10 Å². The molecule has 0 radical (unpaired) electrons. The molecule has 2 rings (SSSR count). The zero-order valence-electron chi connectivity index (χ0n) is 12.1. The number of anilines is 2. The molecule has 1 aromatic heterocycles. The van der Waals surface area contributed by atoms with Crippen molar-refractivity contribution in [2.45, 2.75) is 24.8 Å². The lowest BCUT2D eigenvalue weighted by Crippen LogP contribution is -2.18. The molecule has 1 heterocycles. The molecule has 0 aliphatic heterocycles.